The van der Waals surface area contributed by atoms with Crippen molar-refractivity contribution >= 4 is 11.3 Å². The summed E-state index contributed by atoms with van der Waals surface area (Å²) in [6.45, 7) is 9.21. The molecular formula is C14H25NS. The standard InChI is InChI=1S/C14H25NS/c1-4-8-14(3,12-15-9-5-2)11-13-7-6-10-16-13/h6-7,10,15H,4-5,8-9,11-12H2,1-3H3. The van der Waals surface area contributed by atoms with E-state index < -0.39 is 0 Å². The first-order valence-electron chi connectivity index (χ1n) is 6.43. The molecular weight excluding hydrogens is 214 g/mol. The van der Waals surface area contributed by atoms with Crippen LogP contribution in [-0.2, 0) is 6.42 Å². The van der Waals surface area contributed by atoms with E-state index in [-0.39, 0.29) is 0 Å². The van der Waals surface area contributed by atoms with Gasteiger partial charge in [0.05, 0.1) is 0 Å². The Balaban J connectivity index is 2.50. The second kappa shape index (κ2) is 7.08. The van der Waals surface area contributed by atoms with Crippen molar-refractivity contribution in [2.24, 2.45) is 5.41 Å². The summed E-state index contributed by atoms with van der Waals surface area (Å²) in [5, 5.41) is 5.76. The number of thiophene rings is 1. The summed E-state index contributed by atoms with van der Waals surface area (Å²) >= 11 is 1.89. The highest BCUT2D eigenvalue weighted by Crippen LogP contribution is 2.29. The highest BCUT2D eigenvalue weighted by atomic mass is 32.1. The molecule has 16 heavy (non-hydrogen) atoms. The summed E-state index contributed by atoms with van der Waals surface area (Å²) in [5.74, 6) is 0. The van der Waals surface area contributed by atoms with Crippen LogP contribution in [0.5, 0.6) is 0 Å². The molecule has 1 heterocycles. The summed E-state index contributed by atoms with van der Waals surface area (Å²) in [7, 11) is 0. The summed E-state index contributed by atoms with van der Waals surface area (Å²) < 4.78 is 0. The van der Waals surface area contributed by atoms with E-state index in [1.807, 2.05) is 11.3 Å². The molecule has 0 bridgehead atoms. The maximum absolute atomic E-state index is 3.58. The summed E-state index contributed by atoms with van der Waals surface area (Å²) in [5.41, 5.74) is 0.425. The molecule has 0 aromatic carbocycles. The third-order valence-electron chi connectivity index (χ3n) is 3.01. The van der Waals surface area contributed by atoms with Crippen molar-refractivity contribution in [1.29, 1.82) is 0 Å². The number of rotatable bonds is 8. The van der Waals surface area contributed by atoms with E-state index in [2.05, 4.69) is 43.6 Å². The second-order valence-electron chi connectivity index (χ2n) is 4.99. The monoisotopic (exact) mass is 239 g/mol. The van der Waals surface area contributed by atoms with E-state index in [4.69, 9.17) is 0 Å². The molecule has 2 heteroatoms. The van der Waals surface area contributed by atoms with Gasteiger partial charge in [-0.15, -0.1) is 11.3 Å². The van der Waals surface area contributed by atoms with E-state index in [1.54, 1.807) is 0 Å². The Bertz CT molecular complexity index is 268. The molecule has 1 aromatic rings. The molecule has 1 aromatic heterocycles. The predicted octanol–water partition coefficient (Wildman–Crippen LogP) is 4.10. The second-order valence-corrected chi connectivity index (χ2v) is 6.03. The summed E-state index contributed by atoms with van der Waals surface area (Å²) in [4.78, 5) is 1.52. The van der Waals surface area contributed by atoms with E-state index >= 15 is 0 Å². The zero-order valence-electron chi connectivity index (χ0n) is 10.9. The lowest BCUT2D eigenvalue weighted by molar-refractivity contribution is 0.277. The molecule has 0 aliphatic heterocycles. The Labute approximate surface area is 104 Å². The fraction of sp³-hybridized carbons (Fsp3) is 0.714. The van der Waals surface area contributed by atoms with Gasteiger partial charge in [-0.3, -0.25) is 0 Å². The maximum Gasteiger partial charge on any atom is 0.00511 e. The van der Waals surface area contributed by atoms with Gasteiger partial charge in [0.1, 0.15) is 0 Å². The Morgan fingerprint density at radius 2 is 2.12 bits per heavy atom. The van der Waals surface area contributed by atoms with Crippen molar-refractivity contribution in [3.8, 4) is 0 Å². The molecule has 1 atom stereocenters. The maximum atomic E-state index is 3.58. The van der Waals surface area contributed by atoms with E-state index in [0.29, 0.717) is 5.41 Å². The van der Waals surface area contributed by atoms with Crippen LogP contribution >= 0.6 is 11.3 Å². The molecule has 92 valence electrons. The van der Waals surface area contributed by atoms with Gasteiger partial charge in [-0.1, -0.05) is 33.3 Å². The van der Waals surface area contributed by atoms with Crippen molar-refractivity contribution in [2.75, 3.05) is 13.1 Å². The van der Waals surface area contributed by atoms with Crippen LogP contribution in [0.1, 0.15) is 44.9 Å². The van der Waals surface area contributed by atoms with E-state index in [1.165, 1.54) is 30.6 Å². The lowest BCUT2D eigenvalue weighted by Gasteiger charge is -2.29. The fourth-order valence-corrected chi connectivity index (χ4v) is 3.16. The molecule has 0 radical (unpaired) electrons. The van der Waals surface area contributed by atoms with Crippen LogP contribution in [0.25, 0.3) is 0 Å². The largest absolute Gasteiger partial charge is 0.316 e. The van der Waals surface area contributed by atoms with Gasteiger partial charge in [-0.25, -0.2) is 0 Å². The Hall–Kier alpha value is -0.340. The van der Waals surface area contributed by atoms with Crippen LogP contribution in [0, 0.1) is 5.41 Å². The molecule has 0 fully saturated rings. The highest BCUT2D eigenvalue weighted by Gasteiger charge is 2.23. The lowest BCUT2D eigenvalue weighted by Crippen LogP contribution is -2.33. The Kier molecular flexibility index (Phi) is 6.07. The highest BCUT2D eigenvalue weighted by molar-refractivity contribution is 7.09. The molecule has 0 aliphatic rings. The summed E-state index contributed by atoms with van der Waals surface area (Å²) in [6.07, 6.45) is 5.02. The van der Waals surface area contributed by atoms with Crippen molar-refractivity contribution in [2.45, 2.75) is 46.5 Å². The first-order valence-corrected chi connectivity index (χ1v) is 7.31. The number of hydrogen-bond acceptors (Lipinski definition) is 2. The number of nitrogens with one attached hydrogen (secondary N) is 1. The van der Waals surface area contributed by atoms with Gasteiger partial charge in [0.2, 0.25) is 0 Å². The summed E-state index contributed by atoms with van der Waals surface area (Å²) in [6, 6.07) is 4.42. The molecule has 1 N–H and O–H groups in total. The number of hydrogen-bond donors (Lipinski definition) is 1. The van der Waals surface area contributed by atoms with Crippen LogP contribution in [0.4, 0.5) is 0 Å². The molecule has 0 saturated carbocycles. The first-order chi connectivity index (χ1) is 7.70. The first kappa shape index (κ1) is 13.7. The smallest absolute Gasteiger partial charge is 0.00511 e. The van der Waals surface area contributed by atoms with Crippen LogP contribution in [0.15, 0.2) is 17.5 Å². The van der Waals surface area contributed by atoms with Crippen molar-refractivity contribution in [3.63, 3.8) is 0 Å². The molecule has 0 saturated heterocycles. The fourth-order valence-electron chi connectivity index (χ4n) is 2.24. The van der Waals surface area contributed by atoms with Crippen molar-refractivity contribution < 1.29 is 0 Å². The average Bonchev–Trinajstić information content (AvgIpc) is 2.71. The van der Waals surface area contributed by atoms with E-state index in [9.17, 15) is 0 Å². The van der Waals surface area contributed by atoms with Gasteiger partial charge in [-0.2, -0.15) is 0 Å². The van der Waals surface area contributed by atoms with E-state index in [0.717, 1.165) is 13.1 Å². The minimum Gasteiger partial charge on any atom is -0.316 e. The van der Waals surface area contributed by atoms with Crippen LogP contribution in [0.3, 0.4) is 0 Å². The van der Waals surface area contributed by atoms with Crippen LogP contribution in [-0.4, -0.2) is 13.1 Å². The minimum atomic E-state index is 0.425. The zero-order chi connectivity index (χ0) is 11.9. The topological polar surface area (TPSA) is 12.0 Å². The lowest BCUT2D eigenvalue weighted by atomic mass is 9.81. The van der Waals surface area contributed by atoms with Gasteiger partial charge >= 0.3 is 0 Å². The van der Waals surface area contributed by atoms with Crippen molar-refractivity contribution in [1.82, 2.24) is 5.32 Å². The predicted molar refractivity (Wildman–Crippen MR) is 74.2 cm³/mol. The minimum absolute atomic E-state index is 0.425. The van der Waals surface area contributed by atoms with Crippen molar-refractivity contribution in [3.05, 3.63) is 22.4 Å². The quantitative estimate of drug-likeness (QED) is 0.674. The normalized spacial score (nSPS) is 14.9. The third kappa shape index (κ3) is 4.67. The zero-order valence-corrected chi connectivity index (χ0v) is 11.7. The SMILES string of the molecule is CCCNCC(C)(CCC)Cc1cccs1. The Morgan fingerprint density at radius 1 is 1.31 bits per heavy atom. The van der Waals surface area contributed by atoms with Crippen LogP contribution in [0.2, 0.25) is 0 Å². The molecule has 1 unspecified atom stereocenters. The Morgan fingerprint density at radius 3 is 2.69 bits per heavy atom. The average molecular weight is 239 g/mol. The van der Waals surface area contributed by atoms with Gasteiger partial charge in [-0.05, 0) is 42.7 Å². The van der Waals surface area contributed by atoms with Crippen LogP contribution < -0.4 is 5.32 Å². The molecule has 0 aliphatic carbocycles. The molecule has 0 amide bonds. The molecule has 1 nitrogen and oxygen atoms in total. The van der Waals surface area contributed by atoms with Gasteiger partial charge < -0.3 is 5.32 Å². The molecule has 0 spiro atoms. The third-order valence-corrected chi connectivity index (χ3v) is 3.89. The van der Waals surface area contributed by atoms with Gasteiger partial charge in [0, 0.05) is 11.4 Å². The molecule has 1 rings (SSSR count). The van der Waals surface area contributed by atoms with Gasteiger partial charge in [0.15, 0.2) is 0 Å². The van der Waals surface area contributed by atoms with Gasteiger partial charge in [0.25, 0.3) is 0 Å².